The van der Waals surface area contributed by atoms with Crippen molar-refractivity contribution in [1.29, 1.82) is 0 Å². The number of nitrogens with zero attached hydrogens (tertiary/aromatic N) is 6. The molecule has 8 heteroatoms. The number of hydrogen-bond acceptors (Lipinski definition) is 6. The lowest BCUT2D eigenvalue weighted by Gasteiger charge is -2.36. The topological polar surface area (TPSA) is 67.2 Å². The highest BCUT2D eigenvalue weighted by Gasteiger charge is 2.19. The molecule has 3 aromatic rings. The Morgan fingerprint density at radius 3 is 2.61 bits per heavy atom. The van der Waals surface area contributed by atoms with Gasteiger partial charge in [0.25, 0.3) is 0 Å². The first kappa shape index (κ1) is 18.6. The summed E-state index contributed by atoms with van der Waals surface area (Å²) in [7, 11) is 0. The fourth-order valence-electron chi connectivity index (χ4n) is 3.29. The summed E-state index contributed by atoms with van der Waals surface area (Å²) >= 11 is 6.09. The van der Waals surface area contributed by atoms with Crippen LogP contribution in [0.1, 0.15) is 16.8 Å². The summed E-state index contributed by atoms with van der Waals surface area (Å²) in [4.78, 5) is 25.4. The second-order valence-corrected chi connectivity index (χ2v) is 7.14. The molecular weight excluding hydrogens is 376 g/mol. The Morgan fingerprint density at radius 1 is 1.07 bits per heavy atom. The summed E-state index contributed by atoms with van der Waals surface area (Å²) in [5.74, 6) is 0.540. The van der Waals surface area contributed by atoms with Gasteiger partial charge in [0.15, 0.2) is 5.78 Å². The zero-order valence-corrected chi connectivity index (χ0v) is 16.2. The quantitative estimate of drug-likeness (QED) is 0.597. The highest BCUT2D eigenvalue weighted by Crippen LogP contribution is 2.20. The molecule has 2 aromatic heterocycles. The number of ketones is 1. The normalized spacial score (nSPS) is 15.0. The van der Waals surface area contributed by atoms with Gasteiger partial charge in [-0.1, -0.05) is 17.7 Å². The molecule has 0 bridgehead atoms. The van der Waals surface area contributed by atoms with Crippen molar-refractivity contribution in [3.05, 3.63) is 65.7 Å². The van der Waals surface area contributed by atoms with E-state index in [4.69, 9.17) is 11.6 Å². The second-order valence-electron chi connectivity index (χ2n) is 6.70. The number of piperazine rings is 1. The van der Waals surface area contributed by atoms with Crippen LogP contribution in [0.2, 0.25) is 5.02 Å². The Morgan fingerprint density at radius 2 is 1.86 bits per heavy atom. The summed E-state index contributed by atoms with van der Waals surface area (Å²) in [6, 6.07) is 9.68. The van der Waals surface area contributed by atoms with Crippen molar-refractivity contribution in [3.8, 4) is 5.95 Å². The van der Waals surface area contributed by atoms with Crippen LogP contribution in [0.3, 0.4) is 0 Å². The first-order valence-corrected chi connectivity index (χ1v) is 9.65. The van der Waals surface area contributed by atoms with Crippen LogP contribution in [-0.4, -0.2) is 63.2 Å². The van der Waals surface area contributed by atoms with Crippen LogP contribution in [0.5, 0.6) is 0 Å². The van der Waals surface area contributed by atoms with E-state index in [2.05, 4.69) is 30.9 Å². The lowest BCUT2D eigenvalue weighted by Crippen LogP contribution is -2.46. The molecule has 144 valence electrons. The number of hydrogen-bond donors (Lipinski definition) is 0. The summed E-state index contributed by atoms with van der Waals surface area (Å²) in [5, 5.41) is 4.95. The van der Waals surface area contributed by atoms with Gasteiger partial charge in [-0.3, -0.25) is 9.69 Å². The average Bonchev–Trinajstić information content (AvgIpc) is 3.23. The highest BCUT2D eigenvalue weighted by molar-refractivity contribution is 6.30. The molecule has 0 saturated carbocycles. The van der Waals surface area contributed by atoms with Crippen molar-refractivity contribution in [1.82, 2.24) is 24.6 Å². The smallest absolute Gasteiger partial charge is 0.250 e. The largest absolute Gasteiger partial charge is 0.369 e. The lowest BCUT2D eigenvalue weighted by molar-refractivity contribution is 0.0962. The SMILES string of the molecule is O=C(CCN1CCN(c2cccc(Cl)c2)CC1)c1cnn(-c2ncccn2)c1. The van der Waals surface area contributed by atoms with E-state index in [-0.39, 0.29) is 5.78 Å². The van der Waals surface area contributed by atoms with E-state index in [0.29, 0.717) is 17.9 Å². The minimum Gasteiger partial charge on any atom is -0.369 e. The maximum atomic E-state index is 12.5. The molecule has 0 amide bonds. The van der Waals surface area contributed by atoms with E-state index in [1.807, 2.05) is 18.2 Å². The summed E-state index contributed by atoms with van der Waals surface area (Å²) in [6.07, 6.45) is 7.03. The number of rotatable bonds is 6. The van der Waals surface area contributed by atoms with E-state index in [1.54, 1.807) is 30.9 Å². The van der Waals surface area contributed by atoms with Gasteiger partial charge in [-0.05, 0) is 24.3 Å². The van der Waals surface area contributed by atoms with Gasteiger partial charge < -0.3 is 4.90 Å². The van der Waals surface area contributed by atoms with E-state index in [1.165, 1.54) is 4.68 Å². The standard InChI is InChI=1S/C20H21ClN6O/c21-17-3-1-4-18(13-17)26-11-9-25(10-12-26)8-5-19(28)16-14-24-27(15-16)20-22-6-2-7-23-20/h1-4,6-7,13-15H,5,8-12H2. The molecule has 0 unspecified atom stereocenters. The van der Waals surface area contributed by atoms with Gasteiger partial charge in [0.05, 0.1) is 11.8 Å². The molecule has 0 spiro atoms. The van der Waals surface area contributed by atoms with Gasteiger partial charge in [-0.15, -0.1) is 0 Å². The van der Waals surface area contributed by atoms with E-state index in [0.717, 1.165) is 43.4 Å². The van der Waals surface area contributed by atoms with Crippen LogP contribution in [0.4, 0.5) is 5.69 Å². The monoisotopic (exact) mass is 396 g/mol. The fourth-order valence-corrected chi connectivity index (χ4v) is 3.48. The summed E-state index contributed by atoms with van der Waals surface area (Å²) < 4.78 is 1.52. The molecule has 1 saturated heterocycles. The maximum absolute atomic E-state index is 12.5. The van der Waals surface area contributed by atoms with Crippen molar-refractivity contribution >= 4 is 23.1 Å². The summed E-state index contributed by atoms with van der Waals surface area (Å²) in [6.45, 7) is 4.46. The zero-order valence-electron chi connectivity index (χ0n) is 15.4. The van der Waals surface area contributed by atoms with Crippen molar-refractivity contribution in [2.45, 2.75) is 6.42 Å². The first-order chi connectivity index (χ1) is 13.7. The molecule has 1 aliphatic heterocycles. The zero-order chi connectivity index (χ0) is 19.3. The third-order valence-corrected chi connectivity index (χ3v) is 5.10. The molecule has 3 heterocycles. The molecule has 28 heavy (non-hydrogen) atoms. The highest BCUT2D eigenvalue weighted by atomic mass is 35.5. The second kappa shape index (κ2) is 8.50. The Labute approximate surface area is 168 Å². The van der Waals surface area contributed by atoms with Gasteiger partial charge in [-0.2, -0.15) is 5.10 Å². The number of carbonyl (C=O) groups excluding carboxylic acids is 1. The number of benzene rings is 1. The van der Waals surface area contributed by atoms with Gasteiger partial charge in [0.1, 0.15) is 0 Å². The molecule has 0 radical (unpaired) electrons. The fraction of sp³-hybridized carbons (Fsp3) is 0.300. The Bertz CT molecular complexity index is 937. The molecule has 0 atom stereocenters. The predicted octanol–water partition coefficient (Wildman–Crippen LogP) is 2.71. The number of aromatic nitrogens is 4. The third kappa shape index (κ3) is 4.37. The number of halogens is 1. The van der Waals surface area contributed by atoms with E-state index >= 15 is 0 Å². The average molecular weight is 397 g/mol. The van der Waals surface area contributed by atoms with E-state index in [9.17, 15) is 4.79 Å². The molecule has 1 aromatic carbocycles. The van der Waals surface area contributed by atoms with Crippen LogP contribution in [0.25, 0.3) is 5.95 Å². The number of anilines is 1. The molecular formula is C20H21ClN6O. The summed E-state index contributed by atoms with van der Waals surface area (Å²) in [5.41, 5.74) is 1.74. The predicted molar refractivity (Wildman–Crippen MR) is 108 cm³/mol. The van der Waals surface area contributed by atoms with Gasteiger partial charge in [-0.25, -0.2) is 14.6 Å². The van der Waals surface area contributed by atoms with Crippen molar-refractivity contribution in [3.63, 3.8) is 0 Å². The van der Waals surface area contributed by atoms with Crippen molar-refractivity contribution in [2.24, 2.45) is 0 Å². The van der Waals surface area contributed by atoms with Crippen LogP contribution < -0.4 is 4.90 Å². The van der Waals surface area contributed by atoms with Gasteiger partial charge >= 0.3 is 0 Å². The number of carbonyl (C=O) groups is 1. The third-order valence-electron chi connectivity index (χ3n) is 4.86. The lowest BCUT2D eigenvalue weighted by atomic mass is 10.1. The van der Waals surface area contributed by atoms with Crippen molar-refractivity contribution < 1.29 is 4.79 Å². The Kier molecular flexibility index (Phi) is 5.64. The van der Waals surface area contributed by atoms with Crippen LogP contribution in [0.15, 0.2) is 55.1 Å². The maximum Gasteiger partial charge on any atom is 0.250 e. The molecule has 0 N–H and O–H groups in total. The number of Topliss-reactive ketones (excluding diaryl/α,β-unsaturated/α-hetero) is 1. The minimum absolute atomic E-state index is 0.0828. The molecule has 1 aliphatic rings. The van der Waals surface area contributed by atoms with Crippen LogP contribution in [-0.2, 0) is 0 Å². The van der Waals surface area contributed by atoms with E-state index < -0.39 is 0 Å². The van der Waals surface area contributed by atoms with Gasteiger partial charge in [0.2, 0.25) is 5.95 Å². The molecule has 4 rings (SSSR count). The minimum atomic E-state index is 0.0828. The molecule has 0 aliphatic carbocycles. The van der Waals surface area contributed by atoms with Crippen LogP contribution in [0, 0.1) is 0 Å². The molecule has 7 nitrogen and oxygen atoms in total. The van der Waals surface area contributed by atoms with Crippen molar-refractivity contribution in [2.75, 3.05) is 37.6 Å². The molecule has 1 fully saturated rings. The van der Waals surface area contributed by atoms with Crippen LogP contribution >= 0.6 is 11.6 Å². The first-order valence-electron chi connectivity index (χ1n) is 9.27. The Hall–Kier alpha value is -2.77. The Balaban J connectivity index is 1.27. The van der Waals surface area contributed by atoms with Gasteiger partial charge in [0, 0.05) is 68.4 Å².